The quantitative estimate of drug-likeness (QED) is 0.910. The Labute approximate surface area is 117 Å². The van der Waals surface area contributed by atoms with Crippen LogP contribution in [0.5, 0.6) is 0 Å². The Morgan fingerprint density at radius 3 is 2.84 bits per heavy atom. The predicted molar refractivity (Wildman–Crippen MR) is 77.5 cm³/mol. The van der Waals surface area contributed by atoms with E-state index in [1.807, 2.05) is 37.1 Å². The highest BCUT2D eigenvalue weighted by molar-refractivity contribution is 6.32. The molecule has 2 aromatic rings. The van der Waals surface area contributed by atoms with Crippen molar-refractivity contribution in [2.45, 2.75) is 13.5 Å². The van der Waals surface area contributed by atoms with Crippen LogP contribution in [0, 0.1) is 0 Å². The van der Waals surface area contributed by atoms with Gasteiger partial charge >= 0.3 is 0 Å². The number of anilines is 2. The van der Waals surface area contributed by atoms with Crippen molar-refractivity contribution < 1.29 is 0 Å². The molecule has 0 aliphatic carbocycles. The van der Waals surface area contributed by atoms with E-state index in [9.17, 15) is 0 Å². The van der Waals surface area contributed by atoms with Gasteiger partial charge in [-0.2, -0.15) is 4.98 Å². The van der Waals surface area contributed by atoms with Crippen LogP contribution in [0.3, 0.4) is 0 Å². The Kier molecular flexibility index (Phi) is 4.52. The zero-order valence-electron chi connectivity index (χ0n) is 11.0. The van der Waals surface area contributed by atoms with E-state index >= 15 is 0 Å². The van der Waals surface area contributed by atoms with Crippen molar-refractivity contribution in [2.24, 2.45) is 0 Å². The summed E-state index contributed by atoms with van der Waals surface area (Å²) in [5.41, 5.74) is 0.963. The van der Waals surface area contributed by atoms with Gasteiger partial charge in [0.15, 0.2) is 5.82 Å². The van der Waals surface area contributed by atoms with Gasteiger partial charge in [0.2, 0.25) is 5.95 Å². The normalized spacial score (nSPS) is 10.3. The average molecular weight is 278 g/mol. The SMILES string of the molecule is CCNc1ncc(Cl)c(N(C)Cc2ccccn2)n1. The van der Waals surface area contributed by atoms with Crippen molar-refractivity contribution in [1.82, 2.24) is 15.0 Å². The maximum atomic E-state index is 6.14. The molecule has 0 radical (unpaired) electrons. The first-order valence-corrected chi connectivity index (χ1v) is 6.46. The minimum absolute atomic E-state index is 0.528. The fraction of sp³-hybridized carbons (Fsp3) is 0.308. The van der Waals surface area contributed by atoms with Crippen LogP contribution in [0.4, 0.5) is 11.8 Å². The number of aromatic nitrogens is 3. The molecule has 0 aromatic carbocycles. The summed E-state index contributed by atoms with van der Waals surface area (Å²) in [7, 11) is 1.93. The maximum absolute atomic E-state index is 6.14. The maximum Gasteiger partial charge on any atom is 0.224 e. The summed E-state index contributed by atoms with van der Waals surface area (Å²) in [6.45, 7) is 3.41. The lowest BCUT2D eigenvalue weighted by atomic mass is 10.3. The second kappa shape index (κ2) is 6.33. The van der Waals surface area contributed by atoms with Crippen molar-refractivity contribution in [1.29, 1.82) is 0 Å². The summed E-state index contributed by atoms with van der Waals surface area (Å²) in [5.74, 6) is 1.27. The largest absolute Gasteiger partial charge is 0.354 e. The highest BCUT2D eigenvalue weighted by atomic mass is 35.5. The molecule has 2 aromatic heterocycles. The molecule has 6 heteroatoms. The Bertz CT molecular complexity index is 532. The third-order valence-electron chi connectivity index (χ3n) is 2.55. The van der Waals surface area contributed by atoms with E-state index in [2.05, 4.69) is 20.3 Å². The number of rotatable bonds is 5. The molecule has 0 bridgehead atoms. The van der Waals surface area contributed by atoms with Crippen molar-refractivity contribution in [3.8, 4) is 0 Å². The number of hydrogen-bond donors (Lipinski definition) is 1. The van der Waals surface area contributed by atoms with Gasteiger partial charge in [-0.25, -0.2) is 4.98 Å². The lowest BCUT2D eigenvalue weighted by molar-refractivity contribution is 0.861. The number of pyridine rings is 1. The molecule has 0 aliphatic heterocycles. The second-order valence-electron chi connectivity index (χ2n) is 4.07. The van der Waals surface area contributed by atoms with Gasteiger partial charge < -0.3 is 10.2 Å². The Balaban J connectivity index is 2.18. The predicted octanol–water partition coefficient (Wildman–Crippen LogP) is 2.59. The van der Waals surface area contributed by atoms with Crippen LogP contribution in [0.2, 0.25) is 5.02 Å². The van der Waals surface area contributed by atoms with E-state index in [0.29, 0.717) is 23.3 Å². The molecule has 19 heavy (non-hydrogen) atoms. The van der Waals surface area contributed by atoms with Crippen molar-refractivity contribution >= 4 is 23.4 Å². The van der Waals surface area contributed by atoms with Gasteiger partial charge in [0.05, 0.1) is 18.4 Å². The Morgan fingerprint density at radius 2 is 2.16 bits per heavy atom. The summed E-state index contributed by atoms with van der Waals surface area (Å²) in [5, 5.41) is 3.60. The van der Waals surface area contributed by atoms with E-state index in [1.54, 1.807) is 12.4 Å². The van der Waals surface area contributed by atoms with Crippen LogP contribution in [0.1, 0.15) is 12.6 Å². The zero-order valence-corrected chi connectivity index (χ0v) is 11.7. The third kappa shape index (κ3) is 3.54. The Hall–Kier alpha value is -1.88. The lowest BCUT2D eigenvalue weighted by Crippen LogP contribution is -2.19. The minimum atomic E-state index is 0.528. The molecule has 0 aliphatic rings. The van der Waals surface area contributed by atoms with E-state index in [-0.39, 0.29) is 0 Å². The molecule has 0 fully saturated rings. The second-order valence-corrected chi connectivity index (χ2v) is 4.48. The van der Waals surface area contributed by atoms with E-state index < -0.39 is 0 Å². The molecule has 0 atom stereocenters. The van der Waals surface area contributed by atoms with Crippen molar-refractivity contribution in [3.05, 3.63) is 41.3 Å². The molecule has 0 amide bonds. The molecule has 5 nitrogen and oxygen atoms in total. The molecule has 0 saturated carbocycles. The van der Waals surface area contributed by atoms with Gasteiger partial charge in [0.25, 0.3) is 0 Å². The van der Waals surface area contributed by atoms with Crippen LogP contribution < -0.4 is 10.2 Å². The van der Waals surface area contributed by atoms with Crippen LogP contribution in [0.25, 0.3) is 0 Å². The van der Waals surface area contributed by atoms with Crippen LogP contribution in [0.15, 0.2) is 30.6 Å². The number of hydrogen-bond acceptors (Lipinski definition) is 5. The van der Waals surface area contributed by atoms with Gasteiger partial charge in [0.1, 0.15) is 5.02 Å². The smallest absolute Gasteiger partial charge is 0.224 e. The Morgan fingerprint density at radius 1 is 1.32 bits per heavy atom. The molecule has 0 spiro atoms. The lowest BCUT2D eigenvalue weighted by Gasteiger charge is -2.19. The van der Waals surface area contributed by atoms with Crippen LogP contribution in [-0.2, 0) is 6.54 Å². The molecular weight excluding hydrogens is 262 g/mol. The standard InChI is InChI=1S/C13H16ClN5/c1-3-15-13-17-8-11(14)12(18-13)19(2)9-10-6-4-5-7-16-10/h4-8H,3,9H2,1-2H3,(H,15,17,18). The summed E-state index contributed by atoms with van der Waals surface area (Å²) in [6.07, 6.45) is 3.38. The van der Waals surface area contributed by atoms with Gasteiger partial charge in [-0.3, -0.25) is 4.98 Å². The van der Waals surface area contributed by atoms with Crippen LogP contribution in [-0.4, -0.2) is 28.5 Å². The minimum Gasteiger partial charge on any atom is -0.354 e. The summed E-state index contributed by atoms with van der Waals surface area (Å²) >= 11 is 6.14. The molecular formula is C13H16ClN5. The monoisotopic (exact) mass is 277 g/mol. The van der Waals surface area contributed by atoms with E-state index in [1.165, 1.54) is 0 Å². The molecule has 0 unspecified atom stereocenters. The van der Waals surface area contributed by atoms with Gasteiger partial charge in [-0.05, 0) is 19.1 Å². The fourth-order valence-corrected chi connectivity index (χ4v) is 1.91. The topological polar surface area (TPSA) is 53.9 Å². The van der Waals surface area contributed by atoms with E-state index in [0.717, 1.165) is 12.2 Å². The van der Waals surface area contributed by atoms with Crippen LogP contribution >= 0.6 is 11.6 Å². The van der Waals surface area contributed by atoms with Gasteiger partial charge in [-0.1, -0.05) is 17.7 Å². The molecule has 2 rings (SSSR count). The number of nitrogens with zero attached hydrogens (tertiary/aromatic N) is 4. The first-order chi connectivity index (χ1) is 9.20. The fourth-order valence-electron chi connectivity index (χ4n) is 1.68. The van der Waals surface area contributed by atoms with Crippen molar-refractivity contribution in [3.63, 3.8) is 0 Å². The first-order valence-electron chi connectivity index (χ1n) is 6.08. The number of halogens is 1. The van der Waals surface area contributed by atoms with E-state index in [4.69, 9.17) is 11.6 Å². The summed E-state index contributed by atoms with van der Waals surface area (Å²) in [4.78, 5) is 14.8. The number of nitrogens with one attached hydrogen (secondary N) is 1. The highest BCUT2D eigenvalue weighted by Crippen LogP contribution is 2.23. The summed E-state index contributed by atoms with van der Waals surface area (Å²) in [6, 6.07) is 5.82. The molecule has 1 N–H and O–H groups in total. The zero-order chi connectivity index (χ0) is 13.7. The molecule has 0 saturated heterocycles. The first kappa shape index (κ1) is 13.5. The van der Waals surface area contributed by atoms with Gasteiger partial charge in [0, 0.05) is 19.8 Å². The third-order valence-corrected chi connectivity index (χ3v) is 2.81. The summed E-state index contributed by atoms with van der Waals surface area (Å²) < 4.78 is 0. The molecule has 100 valence electrons. The highest BCUT2D eigenvalue weighted by Gasteiger charge is 2.10. The van der Waals surface area contributed by atoms with Gasteiger partial charge in [-0.15, -0.1) is 0 Å². The van der Waals surface area contributed by atoms with Crippen molar-refractivity contribution in [2.75, 3.05) is 23.8 Å². The molecule has 2 heterocycles. The average Bonchev–Trinajstić information content (AvgIpc) is 2.42.